The second kappa shape index (κ2) is 2.55. The highest BCUT2D eigenvalue weighted by Gasteiger charge is 2.08. The van der Waals surface area contributed by atoms with Gasteiger partial charge >= 0.3 is 0 Å². The van der Waals surface area contributed by atoms with Crippen molar-refractivity contribution in [2.75, 3.05) is 0 Å². The van der Waals surface area contributed by atoms with Crippen LogP contribution in [0.25, 0.3) is 0 Å². The highest BCUT2D eigenvalue weighted by Crippen LogP contribution is 2.11. The summed E-state index contributed by atoms with van der Waals surface area (Å²) in [6.07, 6.45) is 0. The van der Waals surface area contributed by atoms with E-state index in [0.717, 1.165) is 12.2 Å². The monoisotopic (exact) mass is 121 g/mol. The van der Waals surface area contributed by atoms with E-state index in [1.807, 2.05) is 20.8 Å². The van der Waals surface area contributed by atoms with E-state index in [4.69, 9.17) is 9.32 Å². The predicted molar refractivity (Wildman–Crippen MR) is 32.6 cm³/mol. The third-order valence-corrected chi connectivity index (χ3v) is 0.894. The molecule has 0 aromatic rings. The Balaban J connectivity index is 3.15. The molecular formula is C4H11NOS. The molecule has 2 N–H and O–H groups in total. The lowest BCUT2D eigenvalue weighted by Gasteiger charge is -2.14. The van der Waals surface area contributed by atoms with Gasteiger partial charge in [-0.25, -0.2) is 0 Å². The van der Waals surface area contributed by atoms with E-state index in [0.29, 0.717) is 0 Å². The van der Waals surface area contributed by atoms with Crippen molar-refractivity contribution in [1.29, 1.82) is 0 Å². The van der Waals surface area contributed by atoms with Crippen LogP contribution in [0.5, 0.6) is 0 Å². The Labute approximate surface area is 48.8 Å². The van der Waals surface area contributed by atoms with Crippen molar-refractivity contribution in [3.05, 3.63) is 0 Å². The standard InChI is InChI=1S/C4H11NOS/c1-4(2,3)6-7-5/h5H2,1-3H3. The van der Waals surface area contributed by atoms with Gasteiger partial charge in [-0.2, -0.15) is 0 Å². The van der Waals surface area contributed by atoms with Crippen molar-refractivity contribution < 1.29 is 4.18 Å². The molecule has 0 bridgehead atoms. The lowest BCUT2D eigenvalue weighted by atomic mass is 10.2. The second-order valence-corrected chi connectivity index (χ2v) is 2.65. The summed E-state index contributed by atoms with van der Waals surface area (Å²) in [7, 11) is 0. The average Bonchev–Trinajstić information content (AvgIpc) is 1.30. The highest BCUT2D eigenvalue weighted by molar-refractivity contribution is 7.92. The molecule has 0 fully saturated rings. The van der Waals surface area contributed by atoms with Gasteiger partial charge in [-0.15, -0.1) is 0 Å². The molecule has 44 valence electrons. The Morgan fingerprint density at radius 3 is 1.86 bits per heavy atom. The molecule has 0 aliphatic carbocycles. The van der Waals surface area contributed by atoms with Crippen molar-refractivity contribution >= 4 is 12.2 Å². The van der Waals surface area contributed by atoms with Gasteiger partial charge in [0.1, 0.15) is 0 Å². The van der Waals surface area contributed by atoms with Gasteiger partial charge in [-0.3, -0.25) is 9.32 Å². The van der Waals surface area contributed by atoms with Gasteiger partial charge < -0.3 is 0 Å². The largest absolute Gasteiger partial charge is 0.296 e. The summed E-state index contributed by atoms with van der Waals surface area (Å²) in [6, 6.07) is 0. The lowest BCUT2D eigenvalue weighted by molar-refractivity contribution is 0.165. The van der Waals surface area contributed by atoms with Crippen LogP contribution in [-0.4, -0.2) is 5.60 Å². The maximum absolute atomic E-state index is 5.01. The molecule has 0 aliphatic rings. The molecule has 0 saturated heterocycles. The molecule has 2 nitrogen and oxygen atoms in total. The quantitative estimate of drug-likeness (QED) is 0.420. The molecule has 0 aliphatic heterocycles. The number of hydrogen-bond acceptors (Lipinski definition) is 3. The van der Waals surface area contributed by atoms with E-state index in [1.165, 1.54) is 0 Å². The Hall–Kier alpha value is 0.270. The Bertz CT molecular complexity index is 50.1. The lowest BCUT2D eigenvalue weighted by Crippen LogP contribution is -2.15. The Kier molecular flexibility index (Phi) is 2.64. The first-order chi connectivity index (χ1) is 3.06. The zero-order valence-corrected chi connectivity index (χ0v) is 5.71. The van der Waals surface area contributed by atoms with Crippen LogP contribution in [0.15, 0.2) is 0 Å². The van der Waals surface area contributed by atoms with Crippen molar-refractivity contribution in [3.8, 4) is 0 Å². The smallest absolute Gasteiger partial charge is 0.0764 e. The van der Waals surface area contributed by atoms with Gasteiger partial charge in [0, 0.05) is 0 Å². The summed E-state index contributed by atoms with van der Waals surface area (Å²) < 4.78 is 4.92. The molecule has 0 radical (unpaired) electrons. The first-order valence-electron chi connectivity index (χ1n) is 2.11. The fourth-order valence-electron chi connectivity index (χ4n) is 0.144. The Morgan fingerprint density at radius 1 is 1.43 bits per heavy atom. The van der Waals surface area contributed by atoms with Gasteiger partial charge in [0.25, 0.3) is 0 Å². The molecule has 0 saturated carbocycles. The summed E-state index contributed by atoms with van der Waals surface area (Å²) in [5, 5.41) is 5.01. The molecule has 0 aromatic carbocycles. The van der Waals surface area contributed by atoms with E-state index in [1.54, 1.807) is 0 Å². The van der Waals surface area contributed by atoms with Crippen LogP contribution < -0.4 is 5.14 Å². The molecule has 0 heterocycles. The molecule has 7 heavy (non-hydrogen) atoms. The maximum atomic E-state index is 5.01. The Morgan fingerprint density at radius 2 is 1.86 bits per heavy atom. The fraction of sp³-hybridized carbons (Fsp3) is 1.00. The molecule has 0 spiro atoms. The summed E-state index contributed by atoms with van der Waals surface area (Å²) >= 11 is 0.909. The van der Waals surface area contributed by atoms with E-state index >= 15 is 0 Å². The number of hydrogen-bond donors (Lipinski definition) is 1. The molecule has 0 aromatic heterocycles. The fourth-order valence-corrected chi connectivity index (χ4v) is 0.433. The van der Waals surface area contributed by atoms with E-state index in [9.17, 15) is 0 Å². The summed E-state index contributed by atoms with van der Waals surface area (Å²) in [6.45, 7) is 5.85. The molecule has 0 amide bonds. The predicted octanol–water partition coefficient (Wildman–Crippen LogP) is 1.32. The van der Waals surface area contributed by atoms with Crippen molar-refractivity contribution in [3.63, 3.8) is 0 Å². The third kappa shape index (κ3) is 6.27. The molecule has 0 rings (SSSR count). The van der Waals surface area contributed by atoms with Crippen molar-refractivity contribution in [1.82, 2.24) is 0 Å². The van der Waals surface area contributed by atoms with Crippen LogP contribution in [-0.2, 0) is 4.18 Å². The molecular weight excluding hydrogens is 110 g/mol. The highest BCUT2D eigenvalue weighted by atomic mass is 32.2. The van der Waals surface area contributed by atoms with Gasteiger partial charge in [0.15, 0.2) is 0 Å². The SMILES string of the molecule is CC(C)(C)OSN. The van der Waals surface area contributed by atoms with E-state index < -0.39 is 0 Å². The number of rotatable bonds is 1. The minimum absolute atomic E-state index is 0.112. The first-order valence-corrected chi connectivity index (χ1v) is 2.91. The normalized spacial score (nSPS) is 12.0. The third-order valence-electron chi connectivity index (χ3n) is 0.298. The van der Waals surface area contributed by atoms with Gasteiger partial charge in [-0.1, -0.05) is 0 Å². The first kappa shape index (κ1) is 7.27. The van der Waals surface area contributed by atoms with Gasteiger partial charge in [-0.05, 0) is 20.8 Å². The topological polar surface area (TPSA) is 35.2 Å². The van der Waals surface area contributed by atoms with E-state index in [-0.39, 0.29) is 5.60 Å². The van der Waals surface area contributed by atoms with Crippen molar-refractivity contribution in [2.24, 2.45) is 5.14 Å². The average molecular weight is 121 g/mol. The van der Waals surface area contributed by atoms with E-state index in [2.05, 4.69) is 0 Å². The second-order valence-electron chi connectivity index (χ2n) is 2.29. The summed E-state index contributed by atoms with van der Waals surface area (Å²) in [5.74, 6) is 0. The van der Waals surface area contributed by atoms with Crippen molar-refractivity contribution in [2.45, 2.75) is 26.4 Å². The summed E-state index contributed by atoms with van der Waals surface area (Å²) in [4.78, 5) is 0. The molecule has 0 atom stereocenters. The van der Waals surface area contributed by atoms with Crippen LogP contribution in [0.1, 0.15) is 20.8 Å². The minimum atomic E-state index is -0.112. The number of nitrogens with two attached hydrogens (primary N) is 1. The zero-order valence-electron chi connectivity index (χ0n) is 4.89. The van der Waals surface area contributed by atoms with Crippen LogP contribution in [0.3, 0.4) is 0 Å². The zero-order chi connectivity index (χ0) is 5.91. The maximum Gasteiger partial charge on any atom is 0.0764 e. The van der Waals surface area contributed by atoms with Gasteiger partial charge in [0.2, 0.25) is 0 Å². The van der Waals surface area contributed by atoms with Crippen LogP contribution in [0, 0.1) is 0 Å². The van der Waals surface area contributed by atoms with Crippen LogP contribution in [0.2, 0.25) is 0 Å². The molecule has 0 unspecified atom stereocenters. The van der Waals surface area contributed by atoms with Crippen LogP contribution in [0.4, 0.5) is 0 Å². The molecule has 3 heteroatoms. The summed E-state index contributed by atoms with van der Waals surface area (Å²) in [5.41, 5.74) is -0.112. The van der Waals surface area contributed by atoms with Gasteiger partial charge in [0.05, 0.1) is 17.8 Å². The minimum Gasteiger partial charge on any atom is -0.296 e. The van der Waals surface area contributed by atoms with Crippen LogP contribution >= 0.6 is 12.2 Å².